The molecule has 0 saturated heterocycles. The van der Waals surface area contributed by atoms with E-state index in [1.165, 1.54) is 11.1 Å². The molecule has 0 amide bonds. The van der Waals surface area contributed by atoms with Crippen molar-refractivity contribution in [3.8, 4) is 6.07 Å². The Morgan fingerprint density at radius 3 is 3.16 bits per heavy atom. The smallest absolute Gasteiger partial charge is 0.132 e. The van der Waals surface area contributed by atoms with E-state index in [9.17, 15) is 5.26 Å². The van der Waals surface area contributed by atoms with Gasteiger partial charge in [-0.3, -0.25) is 5.32 Å². The Balaban J connectivity index is 2.11. The molecule has 5 nitrogen and oxygen atoms in total. The number of hydrogen-bond donors (Lipinski definition) is 1. The van der Waals surface area contributed by atoms with Crippen LogP contribution in [0.15, 0.2) is 23.3 Å². The van der Waals surface area contributed by atoms with Crippen LogP contribution in [-0.2, 0) is 12.0 Å². The summed E-state index contributed by atoms with van der Waals surface area (Å²) in [6.07, 6.45) is 2.49. The van der Waals surface area contributed by atoms with Gasteiger partial charge in [-0.2, -0.15) is 5.26 Å². The van der Waals surface area contributed by atoms with Crippen molar-refractivity contribution in [3.63, 3.8) is 0 Å². The van der Waals surface area contributed by atoms with Gasteiger partial charge in [-0.05, 0) is 49.4 Å². The first-order valence-corrected chi connectivity index (χ1v) is 6.49. The van der Waals surface area contributed by atoms with Gasteiger partial charge in [-0.25, -0.2) is 0 Å². The maximum atomic E-state index is 9.56. The number of nitriles is 1. The molecule has 98 valence electrons. The van der Waals surface area contributed by atoms with E-state index in [2.05, 4.69) is 39.6 Å². The largest absolute Gasteiger partial charge is 0.296 e. The zero-order valence-corrected chi connectivity index (χ0v) is 11.1. The van der Waals surface area contributed by atoms with E-state index in [0.29, 0.717) is 13.1 Å². The van der Waals surface area contributed by atoms with E-state index in [4.69, 9.17) is 5.53 Å². The number of rotatable bonds is 5. The summed E-state index contributed by atoms with van der Waals surface area (Å²) in [5.41, 5.74) is 11.2. The minimum Gasteiger partial charge on any atom is -0.296 e. The van der Waals surface area contributed by atoms with E-state index < -0.39 is 5.54 Å². The zero-order valence-electron chi connectivity index (χ0n) is 11.1. The molecule has 1 aromatic carbocycles. The number of hydrogen-bond acceptors (Lipinski definition) is 3. The van der Waals surface area contributed by atoms with E-state index in [0.717, 1.165) is 24.8 Å². The minimum atomic E-state index is -0.572. The summed E-state index contributed by atoms with van der Waals surface area (Å²) in [4.78, 5) is 2.72. The Morgan fingerprint density at radius 2 is 2.42 bits per heavy atom. The lowest BCUT2D eigenvalue weighted by Crippen LogP contribution is -2.39. The first-order valence-electron chi connectivity index (χ1n) is 6.49. The number of benzene rings is 1. The van der Waals surface area contributed by atoms with E-state index >= 15 is 0 Å². The molecule has 0 fully saturated rings. The van der Waals surface area contributed by atoms with Crippen molar-refractivity contribution < 1.29 is 0 Å². The maximum absolute atomic E-state index is 9.56. The molecule has 1 aliphatic carbocycles. The Labute approximate surface area is 112 Å². The second-order valence-corrected chi connectivity index (χ2v) is 4.91. The van der Waals surface area contributed by atoms with E-state index in [1.54, 1.807) is 0 Å². The molecule has 1 aliphatic rings. The zero-order chi connectivity index (χ0) is 13.7. The third kappa shape index (κ3) is 2.70. The molecule has 0 aliphatic heterocycles. The first-order chi connectivity index (χ1) is 9.22. The standard InChI is InChI=1S/C14H17N5/c1-11-3-4-12-5-6-14(10-15,13(12)9-11)17-7-2-8-18-19-16/h3-4,9,17H,2,5-8H2,1H3. The fourth-order valence-electron chi connectivity index (χ4n) is 2.60. The summed E-state index contributed by atoms with van der Waals surface area (Å²) in [5.74, 6) is 0. The molecule has 0 bridgehead atoms. The van der Waals surface area contributed by atoms with Crippen molar-refractivity contribution >= 4 is 0 Å². The molecular formula is C14H17N5. The highest BCUT2D eigenvalue weighted by Crippen LogP contribution is 2.36. The van der Waals surface area contributed by atoms with Crippen LogP contribution < -0.4 is 5.32 Å². The Kier molecular flexibility index (Phi) is 4.06. The van der Waals surface area contributed by atoms with Crippen LogP contribution >= 0.6 is 0 Å². The predicted molar refractivity (Wildman–Crippen MR) is 73.4 cm³/mol. The second-order valence-electron chi connectivity index (χ2n) is 4.91. The minimum absolute atomic E-state index is 0.464. The summed E-state index contributed by atoms with van der Waals surface area (Å²) < 4.78 is 0. The van der Waals surface area contributed by atoms with Crippen molar-refractivity contribution in [3.05, 3.63) is 45.3 Å². The van der Waals surface area contributed by atoms with Gasteiger partial charge in [0.25, 0.3) is 0 Å². The van der Waals surface area contributed by atoms with Crippen LogP contribution in [0.1, 0.15) is 29.5 Å². The normalized spacial score (nSPS) is 20.4. The molecule has 19 heavy (non-hydrogen) atoms. The van der Waals surface area contributed by atoms with E-state index in [-0.39, 0.29) is 0 Å². The number of nitrogens with one attached hydrogen (secondary N) is 1. The molecule has 0 spiro atoms. The monoisotopic (exact) mass is 255 g/mol. The Hall–Kier alpha value is -2.02. The molecular weight excluding hydrogens is 238 g/mol. The lowest BCUT2D eigenvalue weighted by atomic mass is 9.92. The SMILES string of the molecule is Cc1ccc2c(c1)C(C#N)(NCCCN=[N+]=[N-])CC2. The molecule has 1 unspecified atom stereocenters. The van der Waals surface area contributed by atoms with Crippen molar-refractivity contribution in [2.75, 3.05) is 13.1 Å². The van der Waals surface area contributed by atoms with Gasteiger partial charge < -0.3 is 0 Å². The van der Waals surface area contributed by atoms with Crippen LogP contribution in [0.2, 0.25) is 0 Å². The van der Waals surface area contributed by atoms with Gasteiger partial charge in [-0.1, -0.05) is 28.9 Å². The molecule has 0 heterocycles. The van der Waals surface area contributed by atoms with Crippen LogP contribution in [0.3, 0.4) is 0 Å². The molecule has 1 atom stereocenters. The lowest BCUT2D eigenvalue weighted by molar-refractivity contribution is 0.422. The predicted octanol–water partition coefficient (Wildman–Crippen LogP) is 2.95. The maximum Gasteiger partial charge on any atom is 0.132 e. The summed E-state index contributed by atoms with van der Waals surface area (Å²) in [6.45, 7) is 3.19. The van der Waals surface area contributed by atoms with Gasteiger partial charge in [0.1, 0.15) is 5.54 Å². The van der Waals surface area contributed by atoms with Crippen LogP contribution in [-0.4, -0.2) is 13.1 Å². The second kappa shape index (κ2) is 5.75. The Morgan fingerprint density at radius 1 is 1.58 bits per heavy atom. The molecule has 5 heteroatoms. The van der Waals surface area contributed by atoms with Crippen molar-refractivity contribution in [1.29, 1.82) is 5.26 Å². The first kappa shape index (κ1) is 13.4. The number of fused-ring (bicyclic) bond motifs is 1. The molecule has 2 rings (SSSR count). The number of nitrogens with zero attached hydrogens (tertiary/aromatic N) is 4. The van der Waals surface area contributed by atoms with Gasteiger partial charge in [0.15, 0.2) is 0 Å². The van der Waals surface area contributed by atoms with Gasteiger partial charge in [-0.15, -0.1) is 0 Å². The molecule has 0 radical (unpaired) electrons. The van der Waals surface area contributed by atoms with Crippen LogP contribution in [0, 0.1) is 18.3 Å². The van der Waals surface area contributed by atoms with Crippen LogP contribution in [0.4, 0.5) is 0 Å². The van der Waals surface area contributed by atoms with Gasteiger partial charge in [0.05, 0.1) is 6.07 Å². The number of azide groups is 1. The van der Waals surface area contributed by atoms with E-state index in [1.807, 2.05) is 6.92 Å². The van der Waals surface area contributed by atoms with Gasteiger partial charge in [0.2, 0.25) is 0 Å². The van der Waals surface area contributed by atoms with Crippen molar-refractivity contribution in [1.82, 2.24) is 5.32 Å². The summed E-state index contributed by atoms with van der Waals surface area (Å²) in [6, 6.07) is 8.75. The highest BCUT2D eigenvalue weighted by atomic mass is 15.1. The van der Waals surface area contributed by atoms with Crippen LogP contribution in [0.25, 0.3) is 10.4 Å². The van der Waals surface area contributed by atoms with Crippen molar-refractivity contribution in [2.45, 2.75) is 31.7 Å². The average molecular weight is 255 g/mol. The summed E-state index contributed by atoms with van der Waals surface area (Å²) in [7, 11) is 0. The molecule has 1 aromatic rings. The third-order valence-corrected chi connectivity index (χ3v) is 3.61. The van der Waals surface area contributed by atoms with Gasteiger partial charge in [0, 0.05) is 11.5 Å². The molecule has 0 aromatic heterocycles. The van der Waals surface area contributed by atoms with Crippen molar-refractivity contribution in [2.24, 2.45) is 5.11 Å². The lowest BCUT2D eigenvalue weighted by Gasteiger charge is -2.24. The number of aryl methyl sites for hydroxylation is 2. The third-order valence-electron chi connectivity index (χ3n) is 3.61. The average Bonchev–Trinajstić information content (AvgIpc) is 2.77. The highest BCUT2D eigenvalue weighted by Gasteiger charge is 2.38. The quantitative estimate of drug-likeness (QED) is 0.379. The van der Waals surface area contributed by atoms with Crippen LogP contribution in [0.5, 0.6) is 0 Å². The fraction of sp³-hybridized carbons (Fsp3) is 0.500. The Bertz CT molecular complexity index is 553. The highest BCUT2D eigenvalue weighted by molar-refractivity contribution is 5.45. The summed E-state index contributed by atoms with van der Waals surface area (Å²) in [5, 5.41) is 16.4. The molecule has 1 N–H and O–H groups in total. The topological polar surface area (TPSA) is 84.6 Å². The van der Waals surface area contributed by atoms with Gasteiger partial charge >= 0.3 is 0 Å². The summed E-state index contributed by atoms with van der Waals surface area (Å²) >= 11 is 0. The molecule has 0 saturated carbocycles. The fourth-order valence-corrected chi connectivity index (χ4v) is 2.60.